The van der Waals surface area contributed by atoms with Crippen LogP contribution in [0.25, 0.3) is 0 Å². The molecule has 140 valence electrons. The third-order valence-electron chi connectivity index (χ3n) is 4.68. The fourth-order valence-corrected chi connectivity index (χ4v) is 3.02. The van der Waals surface area contributed by atoms with Gasteiger partial charge in [0.25, 0.3) is 0 Å². The van der Waals surface area contributed by atoms with Gasteiger partial charge in [-0.1, -0.05) is 42.5 Å². The summed E-state index contributed by atoms with van der Waals surface area (Å²) < 4.78 is 5.78. The van der Waals surface area contributed by atoms with E-state index in [0.717, 1.165) is 18.4 Å². The van der Waals surface area contributed by atoms with Gasteiger partial charge in [-0.2, -0.15) is 0 Å². The molecule has 1 fully saturated rings. The molecule has 1 saturated carbocycles. The van der Waals surface area contributed by atoms with Gasteiger partial charge in [0.2, 0.25) is 11.8 Å². The zero-order valence-corrected chi connectivity index (χ0v) is 14.8. The van der Waals surface area contributed by atoms with Gasteiger partial charge < -0.3 is 20.5 Å². The van der Waals surface area contributed by atoms with E-state index in [4.69, 9.17) is 4.74 Å². The lowest BCUT2D eigenvalue weighted by molar-refractivity contribution is -0.128. The summed E-state index contributed by atoms with van der Waals surface area (Å²) in [7, 11) is 0. The van der Waals surface area contributed by atoms with Gasteiger partial charge in [0.1, 0.15) is 6.10 Å². The maximum Gasteiger partial charge on any atom is 0.223 e. The number of rotatable bonds is 8. The van der Waals surface area contributed by atoms with E-state index < -0.39 is 12.2 Å². The number of aliphatic hydroxyl groups is 1. The maximum absolute atomic E-state index is 12.1. The summed E-state index contributed by atoms with van der Waals surface area (Å²) >= 11 is 0. The van der Waals surface area contributed by atoms with Crippen molar-refractivity contribution >= 4 is 11.8 Å². The van der Waals surface area contributed by atoms with E-state index in [1.807, 2.05) is 36.4 Å². The predicted molar refractivity (Wildman–Crippen MR) is 97.1 cm³/mol. The van der Waals surface area contributed by atoms with Crippen molar-refractivity contribution in [3.63, 3.8) is 0 Å². The lowest BCUT2D eigenvalue weighted by atomic mass is 10.0. The molecule has 0 radical (unpaired) electrons. The van der Waals surface area contributed by atoms with Crippen molar-refractivity contribution in [2.45, 2.75) is 50.5 Å². The minimum absolute atomic E-state index is 0.0109. The van der Waals surface area contributed by atoms with Gasteiger partial charge in [-0.3, -0.25) is 9.59 Å². The molecular weight excluding hydrogens is 332 g/mol. The Balaban J connectivity index is 1.45. The smallest absolute Gasteiger partial charge is 0.223 e. The molecule has 1 heterocycles. The Morgan fingerprint density at radius 1 is 1.08 bits per heavy atom. The lowest BCUT2D eigenvalue weighted by Gasteiger charge is -2.31. The average Bonchev–Trinajstić information content (AvgIpc) is 3.46. The van der Waals surface area contributed by atoms with Gasteiger partial charge in [0, 0.05) is 13.0 Å². The highest BCUT2D eigenvalue weighted by Crippen LogP contribution is 2.32. The molecule has 6 heteroatoms. The quantitative estimate of drug-likeness (QED) is 0.611. The average molecular weight is 358 g/mol. The van der Waals surface area contributed by atoms with Crippen LogP contribution in [0, 0.1) is 5.92 Å². The minimum atomic E-state index is -0.532. The zero-order chi connectivity index (χ0) is 18.4. The van der Waals surface area contributed by atoms with Crippen LogP contribution in [0.3, 0.4) is 0 Å². The molecule has 3 N–H and O–H groups in total. The third kappa shape index (κ3) is 5.68. The van der Waals surface area contributed by atoms with Crippen molar-refractivity contribution in [2.24, 2.45) is 5.92 Å². The largest absolute Gasteiger partial charge is 0.394 e. The van der Waals surface area contributed by atoms with Crippen molar-refractivity contribution in [1.29, 1.82) is 0 Å². The molecule has 0 aromatic heterocycles. The Bertz CT molecular complexity index is 642. The molecule has 1 aliphatic heterocycles. The van der Waals surface area contributed by atoms with Gasteiger partial charge in [-0.25, -0.2) is 0 Å². The van der Waals surface area contributed by atoms with Crippen LogP contribution in [0.15, 0.2) is 42.5 Å². The highest BCUT2D eigenvalue weighted by molar-refractivity contribution is 5.77. The molecule has 26 heavy (non-hydrogen) atoms. The summed E-state index contributed by atoms with van der Waals surface area (Å²) in [5.74, 6) is 0.386. The molecule has 0 unspecified atom stereocenters. The van der Waals surface area contributed by atoms with Gasteiger partial charge >= 0.3 is 0 Å². The van der Waals surface area contributed by atoms with Crippen molar-refractivity contribution < 1.29 is 19.4 Å². The van der Waals surface area contributed by atoms with Crippen molar-refractivity contribution in [2.75, 3.05) is 6.61 Å². The van der Waals surface area contributed by atoms with Crippen molar-refractivity contribution in [3.05, 3.63) is 48.0 Å². The Labute approximate surface area is 153 Å². The fourth-order valence-electron chi connectivity index (χ4n) is 3.02. The first-order valence-electron chi connectivity index (χ1n) is 9.18. The molecule has 3 atom stereocenters. The molecule has 1 aliphatic carbocycles. The first-order chi connectivity index (χ1) is 12.6. The van der Waals surface area contributed by atoms with E-state index in [-0.39, 0.29) is 30.9 Å². The van der Waals surface area contributed by atoms with Gasteiger partial charge in [0.05, 0.1) is 25.2 Å². The summed E-state index contributed by atoms with van der Waals surface area (Å²) in [6, 6.07) is 9.34. The second-order valence-electron chi connectivity index (χ2n) is 6.99. The number of hydrogen-bond donors (Lipinski definition) is 3. The lowest BCUT2D eigenvalue weighted by Crippen LogP contribution is -2.49. The van der Waals surface area contributed by atoms with Crippen LogP contribution in [0.1, 0.15) is 31.2 Å². The van der Waals surface area contributed by atoms with Gasteiger partial charge in [-0.05, 0) is 24.3 Å². The summed E-state index contributed by atoms with van der Waals surface area (Å²) in [4.78, 5) is 24.1. The molecule has 0 spiro atoms. The highest BCUT2D eigenvalue weighted by Gasteiger charge is 2.31. The standard InChI is InChI=1S/C20H26N2O4/c23-13-18-17(22-20(25)10-14-6-7-14)9-8-16(26-18)11-19(24)21-12-15-4-2-1-3-5-15/h1-5,8-9,14,16-18,23H,6-7,10-13H2,(H,21,24)(H,22,25)/t16-,17+,18-/m1/s1. The monoisotopic (exact) mass is 358 g/mol. The van der Waals surface area contributed by atoms with E-state index >= 15 is 0 Å². The second-order valence-corrected chi connectivity index (χ2v) is 6.99. The first-order valence-corrected chi connectivity index (χ1v) is 9.18. The number of ether oxygens (including phenoxy) is 1. The fraction of sp³-hybridized carbons (Fsp3) is 0.500. The zero-order valence-electron chi connectivity index (χ0n) is 14.8. The molecule has 3 rings (SSSR count). The number of carbonyl (C=O) groups is 2. The molecule has 2 amide bonds. The van der Waals surface area contributed by atoms with Crippen LogP contribution in [-0.4, -0.2) is 41.8 Å². The summed E-state index contributed by atoms with van der Waals surface area (Å²) in [6.07, 6.45) is 5.63. The number of benzene rings is 1. The number of aliphatic hydroxyl groups excluding tert-OH is 1. The topological polar surface area (TPSA) is 87.7 Å². The van der Waals surface area contributed by atoms with E-state index in [9.17, 15) is 14.7 Å². The van der Waals surface area contributed by atoms with Crippen LogP contribution in [0.5, 0.6) is 0 Å². The van der Waals surface area contributed by atoms with E-state index in [0.29, 0.717) is 18.9 Å². The number of carbonyl (C=O) groups excluding carboxylic acids is 2. The number of nitrogens with one attached hydrogen (secondary N) is 2. The molecule has 2 aliphatic rings. The predicted octanol–water partition coefficient (Wildman–Crippen LogP) is 1.29. The van der Waals surface area contributed by atoms with E-state index in [1.54, 1.807) is 6.08 Å². The normalized spacial score (nSPS) is 24.9. The number of amides is 2. The summed E-state index contributed by atoms with van der Waals surface area (Å²) in [5.41, 5.74) is 1.03. The Morgan fingerprint density at radius 3 is 2.54 bits per heavy atom. The molecule has 6 nitrogen and oxygen atoms in total. The maximum atomic E-state index is 12.1. The Kier molecular flexibility index (Phi) is 6.41. The molecule has 0 bridgehead atoms. The first kappa shape index (κ1) is 18.6. The van der Waals surface area contributed by atoms with Crippen LogP contribution in [0.2, 0.25) is 0 Å². The van der Waals surface area contributed by atoms with Crippen molar-refractivity contribution in [1.82, 2.24) is 10.6 Å². The summed E-state index contributed by atoms with van der Waals surface area (Å²) in [5, 5.41) is 15.3. The SMILES string of the molecule is O=C(C[C@H]1C=C[C@H](NC(=O)CC2CC2)[C@@H](CO)O1)NCc1ccccc1. The molecule has 0 saturated heterocycles. The van der Waals surface area contributed by atoms with E-state index in [1.165, 1.54) is 0 Å². The van der Waals surface area contributed by atoms with Gasteiger partial charge in [0.15, 0.2) is 0 Å². The minimum Gasteiger partial charge on any atom is -0.394 e. The summed E-state index contributed by atoms with van der Waals surface area (Å²) in [6.45, 7) is 0.264. The van der Waals surface area contributed by atoms with Crippen LogP contribution < -0.4 is 10.6 Å². The Morgan fingerprint density at radius 2 is 1.85 bits per heavy atom. The molecule has 1 aromatic carbocycles. The van der Waals surface area contributed by atoms with Gasteiger partial charge in [-0.15, -0.1) is 0 Å². The van der Waals surface area contributed by atoms with E-state index in [2.05, 4.69) is 10.6 Å². The molecule has 1 aromatic rings. The highest BCUT2D eigenvalue weighted by atomic mass is 16.5. The number of hydrogen-bond acceptors (Lipinski definition) is 4. The van der Waals surface area contributed by atoms with Crippen LogP contribution in [0.4, 0.5) is 0 Å². The Hall–Kier alpha value is -2.18. The second kappa shape index (κ2) is 8.96. The van der Waals surface area contributed by atoms with Crippen molar-refractivity contribution in [3.8, 4) is 0 Å². The van der Waals surface area contributed by atoms with Crippen LogP contribution >= 0.6 is 0 Å². The van der Waals surface area contributed by atoms with Crippen LogP contribution in [-0.2, 0) is 20.9 Å². The third-order valence-corrected chi connectivity index (χ3v) is 4.68. The molecular formula is C20H26N2O4.